The number of hydrogen-bond acceptors (Lipinski definition) is 4. The van der Waals surface area contributed by atoms with Crippen molar-refractivity contribution in [3.05, 3.63) is 23.5 Å². The highest BCUT2D eigenvalue weighted by molar-refractivity contribution is 6.45. The van der Waals surface area contributed by atoms with Crippen LogP contribution in [-0.4, -0.2) is 31.8 Å². The van der Waals surface area contributed by atoms with Gasteiger partial charge in [-0.25, -0.2) is 9.18 Å². The monoisotopic (exact) mass is 226 g/mol. The zero-order valence-electron chi connectivity index (χ0n) is 8.40. The minimum atomic E-state index is -1.41. The Balaban J connectivity index is 2.49. The predicted molar refractivity (Wildman–Crippen MR) is 52.2 cm³/mol. The van der Waals surface area contributed by atoms with E-state index in [-0.39, 0.29) is 18.0 Å². The van der Waals surface area contributed by atoms with Crippen LogP contribution in [-0.2, 0) is 4.65 Å². The van der Waals surface area contributed by atoms with Gasteiger partial charge in [0.15, 0.2) is 11.5 Å². The fourth-order valence-corrected chi connectivity index (χ4v) is 1.41. The minimum absolute atomic E-state index is 0.133. The summed E-state index contributed by atoms with van der Waals surface area (Å²) in [4.78, 5) is 10.9. The highest BCUT2D eigenvalue weighted by Crippen LogP contribution is 2.36. The van der Waals surface area contributed by atoms with Gasteiger partial charge in [-0.2, -0.15) is 0 Å². The van der Waals surface area contributed by atoms with Crippen LogP contribution in [0.15, 0.2) is 12.1 Å². The van der Waals surface area contributed by atoms with Crippen LogP contribution in [0.3, 0.4) is 0 Å². The van der Waals surface area contributed by atoms with Crippen molar-refractivity contribution >= 4 is 13.1 Å². The summed E-state index contributed by atoms with van der Waals surface area (Å²) in [5.74, 6) is -2.21. The zero-order valence-corrected chi connectivity index (χ0v) is 8.40. The van der Waals surface area contributed by atoms with Crippen LogP contribution in [0.2, 0.25) is 0 Å². The number of fused-ring (bicyclic) bond motifs is 1. The predicted octanol–water partition coefficient (Wildman–Crippen LogP) is 0.969. The Morgan fingerprint density at radius 3 is 3.00 bits per heavy atom. The van der Waals surface area contributed by atoms with Gasteiger partial charge in [0.1, 0.15) is 17.9 Å². The van der Waals surface area contributed by atoms with Crippen molar-refractivity contribution in [1.82, 2.24) is 0 Å². The molecular weight excluding hydrogens is 218 g/mol. The summed E-state index contributed by atoms with van der Waals surface area (Å²) < 4.78 is 28.5. The fraction of sp³-hybridized carbons (Fsp3) is 0.222. The van der Waals surface area contributed by atoms with Crippen molar-refractivity contribution in [2.24, 2.45) is 0 Å². The molecule has 0 radical (unpaired) electrons. The van der Waals surface area contributed by atoms with E-state index < -0.39 is 24.5 Å². The molecular formula is C9H8BFO5. The molecule has 16 heavy (non-hydrogen) atoms. The van der Waals surface area contributed by atoms with Gasteiger partial charge in [-0.3, -0.25) is 0 Å². The molecule has 0 fully saturated rings. The highest BCUT2D eigenvalue weighted by Gasteiger charge is 2.32. The maximum atomic E-state index is 13.3. The van der Waals surface area contributed by atoms with Crippen LogP contribution in [0.25, 0.3) is 0 Å². The van der Waals surface area contributed by atoms with E-state index in [1.165, 1.54) is 13.2 Å². The summed E-state index contributed by atoms with van der Waals surface area (Å²) in [5, 5.41) is 8.86. The second kappa shape index (κ2) is 4.01. The van der Waals surface area contributed by atoms with E-state index in [0.717, 1.165) is 6.07 Å². The van der Waals surface area contributed by atoms with Gasteiger partial charge < -0.3 is 19.2 Å². The summed E-state index contributed by atoms with van der Waals surface area (Å²) in [6, 6.07) is 2.35. The number of halogens is 1. The molecule has 0 aliphatic carbocycles. The molecule has 1 N–H and O–H groups in total. The van der Waals surface area contributed by atoms with Gasteiger partial charge in [0.25, 0.3) is 0 Å². The lowest BCUT2D eigenvalue weighted by atomic mass is 9.90. The maximum absolute atomic E-state index is 13.3. The number of aromatic carboxylic acids is 1. The molecule has 0 saturated heterocycles. The van der Waals surface area contributed by atoms with Gasteiger partial charge in [0.2, 0.25) is 0 Å². The molecule has 0 atom stereocenters. The number of carboxylic acid groups (broad SMARTS) is 1. The Bertz CT molecular complexity index is 436. The third-order valence-corrected chi connectivity index (χ3v) is 2.17. The van der Waals surface area contributed by atoms with E-state index in [1.807, 2.05) is 0 Å². The molecule has 1 aliphatic rings. The third-order valence-electron chi connectivity index (χ3n) is 2.17. The zero-order chi connectivity index (χ0) is 11.7. The number of ether oxygens (including phenoxy) is 1. The quantitative estimate of drug-likeness (QED) is 0.761. The lowest BCUT2D eigenvalue weighted by Crippen LogP contribution is -2.37. The lowest BCUT2D eigenvalue weighted by Gasteiger charge is -2.23. The first-order valence-corrected chi connectivity index (χ1v) is 4.51. The molecule has 1 aromatic carbocycles. The molecule has 1 aromatic rings. The number of carboxylic acids is 1. The van der Waals surface area contributed by atoms with Gasteiger partial charge in [-0.05, 0) is 12.1 Å². The van der Waals surface area contributed by atoms with Gasteiger partial charge in [-0.15, -0.1) is 0 Å². The topological polar surface area (TPSA) is 65.0 Å². The minimum Gasteiger partial charge on any atom is -0.531 e. The van der Waals surface area contributed by atoms with Gasteiger partial charge in [0.05, 0.1) is 0 Å². The first-order valence-electron chi connectivity index (χ1n) is 4.51. The smallest absolute Gasteiger partial charge is 0.531 e. The van der Waals surface area contributed by atoms with Crippen molar-refractivity contribution in [3.63, 3.8) is 0 Å². The van der Waals surface area contributed by atoms with Crippen LogP contribution in [0.5, 0.6) is 11.5 Å². The van der Waals surface area contributed by atoms with E-state index in [0.29, 0.717) is 0 Å². The SMILES string of the molecule is COB1COc2ccc(F)c(C(=O)O)c2O1. The average Bonchev–Trinajstić information content (AvgIpc) is 2.27. The van der Waals surface area contributed by atoms with E-state index >= 15 is 0 Å². The van der Waals surface area contributed by atoms with Crippen molar-refractivity contribution in [1.29, 1.82) is 0 Å². The Morgan fingerprint density at radius 2 is 2.38 bits per heavy atom. The van der Waals surface area contributed by atoms with Crippen LogP contribution >= 0.6 is 0 Å². The van der Waals surface area contributed by atoms with E-state index in [1.54, 1.807) is 0 Å². The lowest BCUT2D eigenvalue weighted by molar-refractivity contribution is 0.0687. The molecule has 7 heteroatoms. The molecule has 5 nitrogen and oxygen atoms in total. The van der Waals surface area contributed by atoms with Crippen molar-refractivity contribution in [3.8, 4) is 11.5 Å². The second-order valence-corrected chi connectivity index (χ2v) is 3.15. The summed E-state index contributed by atoms with van der Waals surface area (Å²) in [7, 11) is 0.658. The number of hydrogen-bond donors (Lipinski definition) is 1. The molecule has 2 rings (SSSR count). The third kappa shape index (κ3) is 1.69. The van der Waals surface area contributed by atoms with E-state index in [4.69, 9.17) is 19.2 Å². The summed E-state index contributed by atoms with van der Waals surface area (Å²) in [6.45, 7) is 0.133. The van der Waals surface area contributed by atoms with Crippen molar-refractivity contribution in [2.75, 3.05) is 13.6 Å². The van der Waals surface area contributed by atoms with Crippen LogP contribution < -0.4 is 9.39 Å². The number of carbonyl (C=O) groups is 1. The standard InChI is InChI=1S/C9H8BFO5/c1-14-10-4-15-6-3-2-5(11)7(9(12)13)8(6)16-10/h2-3H,4H2,1H3,(H,12,13). The Labute approximate surface area is 90.9 Å². The van der Waals surface area contributed by atoms with Crippen LogP contribution in [0, 0.1) is 5.82 Å². The van der Waals surface area contributed by atoms with Crippen LogP contribution in [0.1, 0.15) is 10.4 Å². The number of rotatable bonds is 2. The molecule has 1 heterocycles. The Morgan fingerprint density at radius 1 is 1.62 bits per heavy atom. The van der Waals surface area contributed by atoms with Crippen molar-refractivity contribution < 1.29 is 28.3 Å². The molecule has 1 aliphatic heterocycles. The molecule has 0 saturated carbocycles. The normalized spacial score (nSPS) is 13.8. The van der Waals surface area contributed by atoms with Gasteiger partial charge in [0, 0.05) is 7.11 Å². The maximum Gasteiger partial charge on any atom is 0.565 e. The Kier molecular flexibility index (Phi) is 2.70. The molecule has 84 valence electrons. The second-order valence-electron chi connectivity index (χ2n) is 3.15. The average molecular weight is 226 g/mol. The highest BCUT2D eigenvalue weighted by atomic mass is 19.1. The van der Waals surface area contributed by atoms with Gasteiger partial charge in [-0.1, -0.05) is 0 Å². The molecule has 0 unspecified atom stereocenters. The molecule has 0 spiro atoms. The molecule has 0 aromatic heterocycles. The largest absolute Gasteiger partial charge is 0.565 e. The molecule has 0 bridgehead atoms. The summed E-state index contributed by atoms with van der Waals surface area (Å²) >= 11 is 0. The van der Waals surface area contributed by atoms with Crippen molar-refractivity contribution in [2.45, 2.75) is 0 Å². The van der Waals surface area contributed by atoms with Gasteiger partial charge >= 0.3 is 13.1 Å². The molecule has 0 amide bonds. The first-order chi connectivity index (χ1) is 7.63. The Hall–Kier alpha value is -1.76. The summed E-state index contributed by atoms with van der Waals surface area (Å²) in [6.07, 6.45) is 0. The van der Waals surface area contributed by atoms with E-state index in [2.05, 4.69) is 0 Å². The van der Waals surface area contributed by atoms with E-state index in [9.17, 15) is 9.18 Å². The first kappa shape index (κ1) is 10.8. The number of benzene rings is 1. The van der Waals surface area contributed by atoms with Crippen LogP contribution in [0.4, 0.5) is 4.39 Å². The summed E-state index contributed by atoms with van der Waals surface area (Å²) in [5.41, 5.74) is -0.542. The fourth-order valence-electron chi connectivity index (χ4n) is 1.41.